The average Bonchev–Trinajstić information content (AvgIpc) is 3.32. The number of benzene rings is 1. The van der Waals surface area contributed by atoms with Crippen LogP contribution in [0, 0.1) is 5.92 Å². The molecule has 1 amide bonds. The van der Waals surface area contributed by atoms with Gasteiger partial charge in [0.25, 0.3) is 5.91 Å². The number of carbonyl (C=O) groups is 2. The summed E-state index contributed by atoms with van der Waals surface area (Å²) < 4.78 is 2.40. The number of aliphatic carboxylic acids is 1. The van der Waals surface area contributed by atoms with Crippen LogP contribution in [0.3, 0.4) is 0 Å². The fourth-order valence-electron chi connectivity index (χ4n) is 4.84. The van der Waals surface area contributed by atoms with Crippen molar-refractivity contribution in [3.8, 4) is 0 Å². The van der Waals surface area contributed by atoms with Gasteiger partial charge in [0.05, 0.1) is 11.0 Å². The summed E-state index contributed by atoms with van der Waals surface area (Å²) in [4.78, 5) is 30.7. The molecule has 33 heavy (non-hydrogen) atoms. The molecule has 1 aliphatic rings. The average molecular weight is 468 g/mol. The van der Waals surface area contributed by atoms with Crippen molar-refractivity contribution >= 4 is 34.2 Å². The fourth-order valence-corrected chi connectivity index (χ4v) is 5.54. The van der Waals surface area contributed by atoms with E-state index in [1.165, 1.54) is 30.6 Å². The van der Waals surface area contributed by atoms with Crippen LogP contribution in [0.5, 0.6) is 0 Å². The van der Waals surface area contributed by atoms with E-state index >= 15 is 0 Å². The van der Waals surface area contributed by atoms with Gasteiger partial charge in [-0.15, -0.1) is 11.3 Å². The van der Waals surface area contributed by atoms with Gasteiger partial charge in [-0.3, -0.25) is 4.79 Å². The van der Waals surface area contributed by atoms with Gasteiger partial charge in [-0.25, -0.2) is 9.78 Å². The molecule has 176 valence electrons. The number of amides is 1. The van der Waals surface area contributed by atoms with E-state index in [0.717, 1.165) is 36.1 Å². The molecule has 0 saturated heterocycles. The minimum Gasteiger partial charge on any atom is -0.480 e. The Morgan fingerprint density at radius 1 is 1.18 bits per heavy atom. The number of nitrogens with one attached hydrogen (secondary N) is 1. The van der Waals surface area contributed by atoms with E-state index < -0.39 is 12.0 Å². The second kappa shape index (κ2) is 10.5. The normalized spacial score (nSPS) is 16.1. The Kier molecular flexibility index (Phi) is 7.48. The fraction of sp³-hybridized carbons (Fsp3) is 0.500. The predicted octanol–water partition coefficient (Wildman–Crippen LogP) is 5.81. The molecule has 1 unspecified atom stereocenters. The number of carboxylic acid groups (broad SMARTS) is 1. The molecular formula is C26H33N3O3S. The van der Waals surface area contributed by atoms with E-state index in [1.807, 2.05) is 26.0 Å². The molecule has 2 aromatic heterocycles. The van der Waals surface area contributed by atoms with E-state index in [0.29, 0.717) is 18.0 Å². The molecule has 0 aliphatic heterocycles. The summed E-state index contributed by atoms with van der Waals surface area (Å²) in [6.07, 6.45) is 8.51. The Hall–Kier alpha value is -2.67. The van der Waals surface area contributed by atoms with Gasteiger partial charge in [-0.05, 0) is 54.8 Å². The van der Waals surface area contributed by atoms with E-state index in [9.17, 15) is 14.7 Å². The first kappa shape index (κ1) is 23.5. The maximum absolute atomic E-state index is 12.9. The van der Waals surface area contributed by atoms with E-state index in [1.54, 1.807) is 17.4 Å². The molecule has 1 aromatic carbocycles. The predicted molar refractivity (Wildman–Crippen MR) is 132 cm³/mol. The van der Waals surface area contributed by atoms with Crippen LogP contribution in [0.15, 0.2) is 35.7 Å². The first-order valence-corrected chi connectivity index (χ1v) is 12.9. The minimum absolute atomic E-state index is 0.170. The van der Waals surface area contributed by atoms with Gasteiger partial charge in [0.2, 0.25) is 0 Å². The van der Waals surface area contributed by atoms with Gasteiger partial charge < -0.3 is 15.0 Å². The van der Waals surface area contributed by atoms with E-state index in [4.69, 9.17) is 4.98 Å². The second-order valence-electron chi connectivity index (χ2n) is 9.50. The number of hydrogen-bond donors (Lipinski definition) is 2. The number of fused-ring (bicyclic) bond motifs is 1. The first-order chi connectivity index (χ1) is 15.9. The lowest BCUT2D eigenvalue weighted by Crippen LogP contribution is -2.41. The first-order valence-electron chi connectivity index (χ1n) is 12.0. The molecule has 1 fully saturated rings. The second-order valence-corrected chi connectivity index (χ2v) is 10.5. The standard InChI is InChI=1S/C26H33N3O3S/c1-17(2)14-22(26(31)32)28-25(30)18-11-12-23-21(15-18)27-24(16-20-10-7-13-33-20)29(23)19-8-5-3-4-6-9-19/h7,10-13,15,17,19,22H,3-6,8-9,14,16H2,1-2H3,(H,28,30)(H,31,32). The molecule has 0 radical (unpaired) electrons. The summed E-state index contributed by atoms with van der Waals surface area (Å²) >= 11 is 1.74. The molecular weight excluding hydrogens is 434 g/mol. The third-order valence-electron chi connectivity index (χ3n) is 6.44. The summed E-state index contributed by atoms with van der Waals surface area (Å²) in [5, 5.41) is 14.3. The minimum atomic E-state index is -1.01. The number of rotatable bonds is 8. The number of carbonyl (C=O) groups excluding carboxylic acids is 1. The van der Waals surface area contributed by atoms with Gasteiger partial charge >= 0.3 is 5.97 Å². The lowest BCUT2D eigenvalue weighted by atomic mass is 10.0. The molecule has 6 nitrogen and oxygen atoms in total. The maximum Gasteiger partial charge on any atom is 0.326 e. The van der Waals surface area contributed by atoms with Gasteiger partial charge in [0.1, 0.15) is 11.9 Å². The SMILES string of the molecule is CC(C)CC(NC(=O)c1ccc2c(c1)nc(Cc1cccs1)n2C1CCCCCC1)C(=O)O. The highest BCUT2D eigenvalue weighted by atomic mass is 32.1. The number of aromatic nitrogens is 2. The third kappa shape index (κ3) is 5.64. The van der Waals surface area contributed by atoms with Gasteiger partial charge in [-0.2, -0.15) is 0 Å². The molecule has 0 spiro atoms. The summed E-state index contributed by atoms with van der Waals surface area (Å²) in [7, 11) is 0. The number of imidazole rings is 1. The zero-order valence-corrected chi connectivity index (χ0v) is 20.2. The summed E-state index contributed by atoms with van der Waals surface area (Å²) in [5.74, 6) is -0.160. The van der Waals surface area contributed by atoms with Gasteiger partial charge in [0.15, 0.2) is 0 Å². The van der Waals surface area contributed by atoms with Crippen LogP contribution in [0.4, 0.5) is 0 Å². The van der Waals surface area contributed by atoms with Crippen molar-refractivity contribution in [1.29, 1.82) is 0 Å². The van der Waals surface area contributed by atoms with Crippen molar-refractivity contribution < 1.29 is 14.7 Å². The highest BCUT2D eigenvalue weighted by Gasteiger charge is 2.24. The Labute approximate surface area is 199 Å². The van der Waals surface area contributed by atoms with Crippen molar-refractivity contribution in [2.24, 2.45) is 5.92 Å². The van der Waals surface area contributed by atoms with E-state index in [2.05, 4.69) is 27.4 Å². The van der Waals surface area contributed by atoms with Crippen LogP contribution in [-0.2, 0) is 11.2 Å². The van der Waals surface area contributed by atoms with E-state index in [-0.39, 0.29) is 11.8 Å². The summed E-state index contributed by atoms with van der Waals surface area (Å²) in [6.45, 7) is 3.90. The Morgan fingerprint density at radius 2 is 1.94 bits per heavy atom. The van der Waals surface area contributed by atoms with Gasteiger partial charge in [0, 0.05) is 22.9 Å². The number of hydrogen-bond acceptors (Lipinski definition) is 4. The maximum atomic E-state index is 12.9. The van der Waals surface area contributed by atoms with Crippen molar-refractivity contribution in [1.82, 2.24) is 14.9 Å². The molecule has 2 heterocycles. The molecule has 3 aromatic rings. The topological polar surface area (TPSA) is 84.2 Å². The molecule has 7 heteroatoms. The van der Waals surface area contributed by atoms with Crippen LogP contribution in [0.2, 0.25) is 0 Å². The van der Waals surface area contributed by atoms with Crippen molar-refractivity contribution in [2.45, 2.75) is 77.3 Å². The Morgan fingerprint density at radius 3 is 2.58 bits per heavy atom. The van der Waals surface area contributed by atoms with Crippen LogP contribution in [0.25, 0.3) is 11.0 Å². The van der Waals surface area contributed by atoms with Crippen LogP contribution in [-0.4, -0.2) is 32.6 Å². The summed E-state index contributed by atoms with van der Waals surface area (Å²) in [6, 6.07) is 9.33. The van der Waals surface area contributed by atoms with Crippen LogP contribution in [0.1, 0.15) is 85.9 Å². The highest BCUT2D eigenvalue weighted by Crippen LogP contribution is 2.33. The number of nitrogens with zero attached hydrogens (tertiary/aromatic N) is 2. The third-order valence-corrected chi connectivity index (χ3v) is 7.31. The molecule has 1 saturated carbocycles. The zero-order chi connectivity index (χ0) is 23.4. The number of thiophene rings is 1. The Bertz CT molecular complexity index is 1100. The lowest BCUT2D eigenvalue weighted by molar-refractivity contribution is -0.139. The zero-order valence-electron chi connectivity index (χ0n) is 19.4. The van der Waals surface area contributed by atoms with Crippen molar-refractivity contribution in [2.75, 3.05) is 0 Å². The van der Waals surface area contributed by atoms with Gasteiger partial charge in [-0.1, -0.05) is 45.6 Å². The quantitative estimate of drug-likeness (QED) is 0.409. The molecule has 1 atom stereocenters. The largest absolute Gasteiger partial charge is 0.480 e. The molecule has 4 rings (SSSR count). The Balaban J connectivity index is 1.66. The monoisotopic (exact) mass is 467 g/mol. The van der Waals surface area contributed by atoms with Crippen molar-refractivity contribution in [3.05, 3.63) is 52.0 Å². The smallest absolute Gasteiger partial charge is 0.326 e. The van der Waals surface area contributed by atoms with Crippen LogP contribution < -0.4 is 5.32 Å². The molecule has 0 bridgehead atoms. The van der Waals surface area contributed by atoms with Crippen molar-refractivity contribution in [3.63, 3.8) is 0 Å². The highest BCUT2D eigenvalue weighted by molar-refractivity contribution is 7.09. The molecule has 1 aliphatic carbocycles. The summed E-state index contributed by atoms with van der Waals surface area (Å²) in [5.41, 5.74) is 2.31. The lowest BCUT2D eigenvalue weighted by Gasteiger charge is -2.20. The molecule has 2 N–H and O–H groups in total. The number of carboxylic acids is 1. The van der Waals surface area contributed by atoms with Crippen LogP contribution >= 0.6 is 11.3 Å².